The first kappa shape index (κ1) is 14.7. The number of carbonyl (C=O) groups is 1. The maximum atomic E-state index is 12.3. The summed E-state index contributed by atoms with van der Waals surface area (Å²) in [6.45, 7) is 2.10. The Kier molecular flexibility index (Phi) is 4.47. The Morgan fingerprint density at radius 1 is 1.21 bits per heavy atom. The average molecular weight is 290 g/mol. The zero-order valence-electron chi connectivity index (χ0n) is 11.2. The Labute approximate surface area is 114 Å². The summed E-state index contributed by atoms with van der Waals surface area (Å²) in [5, 5.41) is 9.13. The van der Waals surface area contributed by atoms with Crippen LogP contribution in [0.15, 0.2) is 0 Å². The number of rotatable bonds is 4. The van der Waals surface area contributed by atoms with Gasteiger partial charge in [0.05, 0.1) is 5.92 Å². The van der Waals surface area contributed by atoms with E-state index >= 15 is 0 Å². The van der Waals surface area contributed by atoms with Gasteiger partial charge in [-0.2, -0.15) is 17.4 Å². The van der Waals surface area contributed by atoms with Crippen molar-refractivity contribution in [2.24, 2.45) is 5.92 Å². The molecule has 0 radical (unpaired) electrons. The van der Waals surface area contributed by atoms with E-state index in [1.807, 2.05) is 0 Å². The molecule has 7 heteroatoms. The van der Waals surface area contributed by atoms with Gasteiger partial charge in [-0.15, -0.1) is 0 Å². The lowest BCUT2D eigenvalue weighted by molar-refractivity contribution is -0.144. The minimum atomic E-state index is -3.56. The highest BCUT2D eigenvalue weighted by Gasteiger charge is 2.39. The second kappa shape index (κ2) is 5.76. The molecule has 0 aromatic rings. The molecule has 0 aromatic carbocycles. The van der Waals surface area contributed by atoms with Crippen LogP contribution in [-0.4, -0.2) is 42.4 Å². The van der Waals surface area contributed by atoms with Crippen LogP contribution in [0.4, 0.5) is 0 Å². The van der Waals surface area contributed by atoms with Gasteiger partial charge in [0.1, 0.15) is 0 Å². The number of nitrogens with zero attached hydrogens (tertiary/aromatic N) is 1. The fourth-order valence-corrected chi connectivity index (χ4v) is 4.85. The second-order valence-corrected chi connectivity index (χ2v) is 7.20. The largest absolute Gasteiger partial charge is 0.481 e. The fraction of sp³-hybridized carbons (Fsp3) is 0.917. The van der Waals surface area contributed by atoms with Crippen molar-refractivity contribution in [3.05, 3.63) is 0 Å². The smallest absolute Gasteiger partial charge is 0.308 e. The van der Waals surface area contributed by atoms with Crippen LogP contribution < -0.4 is 4.72 Å². The molecule has 0 unspecified atom stereocenters. The van der Waals surface area contributed by atoms with Crippen LogP contribution >= 0.6 is 0 Å². The molecule has 1 aliphatic carbocycles. The second-order valence-electron chi connectivity index (χ2n) is 5.54. The lowest BCUT2D eigenvalue weighted by Gasteiger charge is -2.36. The summed E-state index contributed by atoms with van der Waals surface area (Å²) in [5.74, 6) is -1.51. The van der Waals surface area contributed by atoms with Gasteiger partial charge in [-0.1, -0.05) is 12.8 Å². The van der Waals surface area contributed by atoms with Crippen LogP contribution in [0.5, 0.6) is 0 Å². The molecule has 1 saturated carbocycles. The molecular weight excluding hydrogens is 268 g/mol. The number of carboxylic acids is 1. The quantitative estimate of drug-likeness (QED) is 0.807. The maximum absolute atomic E-state index is 12.3. The Morgan fingerprint density at radius 3 is 2.42 bits per heavy atom. The molecule has 19 heavy (non-hydrogen) atoms. The number of nitrogens with one attached hydrogen (secondary N) is 1. The third kappa shape index (κ3) is 3.27. The Balaban J connectivity index is 2.07. The highest BCUT2D eigenvalue weighted by Crippen LogP contribution is 2.27. The summed E-state index contributed by atoms with van der Waals surface area (Å²) >= 11 is 0. The summed E-state index contributed by atoms with van der Waals surface area (Å²) in [7, 11) is -3.56. The molecule has 0 aromatic heterocycles. The monoisotopic (exact) mass is 290 g/mol. The molecule has 1 aliphatic heterocycles. The SMILES string of the molecule is C[C@@H]1[C@H](C(=O)O)CCCN1S(=O)(=O)NC1CCCC1. The number of carboxylic acid groups (broad SMARTS) is 1. The van der Waals surface area contributed by atoms with Crippen molar-refractivity contribution >= 4 is 16.2 Å². The normalized spacial score (nSPS) is 30.6. The van der Waals surface area contributed by atoms with Gasteiger partial charge in [0.2, 0.25) is 0 Å². The first-order valence-corrected chi connectivity index (χ1v) is 8.38. The molecule has 0 amide bonds. The Hall–Kier alpha value is -0.660. The van der Waals surface area contributed by atoms with Crippen molar-refractivity contribution in [3.8, 4) is 0 Å². The van der Waals surface area contributed by atoms with Gasteiger partial charge >= 0.3 is 5.97 Å². The zero-order valence-corrected chi connectivity index (χ0v) is 12.0. The van der Waals surface area contributed by atoms with Crippen molar-refractivity contribution < 1.29 is 18.3 Å². The number of aliphatic carboxylic acids is 1. The van der Waals surface area contributed by atoms with Crippen molar-refractivity contribution in [3.63, 3.8) is 0 Å². The van der Waals surface area contributed by atoms with Crippen LogP contribution in [0, 0.1) is 5.92 Å². The van der Waals surface area contributed by atoms with Crippen LogP contribution in [0.3, 0.4) is 0 Å². The molecule has 2 atom stereocenters. The van der Waals surface area contributed by atoms with Gasteiger partial charge in [-0.25, -0.2) is 0 Å². The molecule has 110 valence electrons. The Bertz CT molecular complexity index is 431. The van der Waals surface area contributed by atoms with Crippen molar-refractivity contribution in [1.82, 2.24) is 9.03 Å². The van der Waals surface area contributed by atoms with E-state index < -0.39 is 28.1 Å². The van der Waals surface area contributed by atoms with Gasteiger partial charge in [0, 0.05) is 18.6 Å². The van der Waals surface area contributed by atoms with Gasteiger partial charge in [-0.05, 0) is 32.6 Å². The van der Waals surface area contributed by atoms with Gasteiger partial charge in [-0.3, -0.25) is 4.79 Å². The molecule has 0 bridgehead atoms. The van der Waals surface area contributed by atoms with Crippen molar-refractivity contribution in [1.29, 1.82) is 0 Å². The lowest BCUT2D eigenvalue weighted by atomic mass is 9.92. The molecule has 0 spiro atoms. The molecule has 6 nitrogen and oxygen atoms in total. The molecule has 2 fully saturated rings. The van der Waals surface area contributed by atoms with E-state index in [9.17, 15) is 13.2 Å². The van der Waals surface area contributed by atoms with Gasteiger partial charge < -0.3 is 5.11 Å². The molecule has 2 rings (SSSR count). The van der Waals surface area contributed by atoms with Crippen molar-refractivity contribution in [2.75, 3.05) is 6.54 Å². The third-order valence-electron chi connectivity index (χ3n) is 4.23. The standard InChI is InChI=1S/C12H22N2O4S/c1-9-11(12(15)16)7-4-8-14(9)19(17,18)13-10-5-2-3-6-10/h9-11,13H,2-8H2,1H3,(H,15,16)/t9-,11-/m1/s1. The lowest BCUT2D eigenvalue weighted by Crippen LogP contribution is -2.54. The van der Waals surface area contributed by atoms with Crippen LogP contribution in [0.25, 0.3) is 0 Å². The van der Waals surface area contributed by atoms with Gasteiger partial charge in [0.15, 0.2) is 0 Å². The predicted molar refractivity (Wildman–Crippen MR) is 70.8 cm³/mol. The van der Waals surface area contributed by atoms with E-state index in [1.54, 1.807) is 6.92 Å². The van der Waals surface area contributed by atoms with Crippen molar-refractivity contribution in [2.45, 2.75) is 57.5 Å². The summed E-state index contributed by atoms with van der Waals surface area (Å²) in [6, 6.07) is -0.465. The first-order valence-electron chi connectivity index (χ1n) is 6.93. The zero-order chi connectivity index (χ0) is 14.0. The summed E-state index contributed by atoms with van der Waals surface area (Å²) in [5.41, 5.74) is 0. The molecule has 2 aliphatic rings. The average Bonchev–Trinajstić information content (AvgIpc) is 2.80. The molecular formula is C12H22N2O4S. The molecule has 2 N–H and O–H groups in total. The molecule has 1 heterocycles. The minimum absolute atomic E-state index is 0.0161. The van der Waals surface area contributed by atoms with Gasteiger partial charge in [0.25, 0.3) is 10.2 Å². The molecule has 1 saturated heterocycles. The van der Waals surface area contributed by atoms with E-state index in [-0.39, 0.29) is 6.04 Å². The van der Waals surface area contributed by atoms with E-state index in [4.69, 9.17) is 5.11 Å². The van der Waals surface area contributed by atoms with Crippen LogP contribution in [-0.2, 0) is 15.0 Å². The first-order chi connectivity index (χ1) is 8.92. The highest BCUT2D eigenvalue weighted by atomic mass is 32.2. The van der Waals surface area contributed by atoms with E-state index in [1.165, 1.54) is 4.31 Å². The minimum Gasteiger partial charge on any atom is -0.481 e. The number of hydrogen-bond acceptors (Lipinski definition) is 3. The predicted octanol–water partition coefficient (Wildman–Crippen LogP) is 0.948. The Morgan fingerprint density at radius 2 is 1.84 bits per heavy atom. The summed E-state index contributed by atoms with van der Waals surface area (Å²) < 4.78 is 28.7. The topological polar surface area (TPSA) is 86.7 Å². The fourth-order valence-electron chi connectivity index (χ4n) is 3.10. The summed E-state index contributed by atoms with van der Waals surface area (Å²) in [4.78, 5) is 11.1. The van der Waals surface area contributed by atoms with E-state index in [0.29, 0.717) is 19.4 Å². The number of hydrogen-bond donors (Lipinski definition) is 2. The highest BCUT2D eigenvalue weighted by molar-refractivity contribution is 7.87. The van der Waals surface area contributed by atoms with Crippen LogP contribution in [0.2, 0.25) is 0 Å². The van der Waals surface area contributed by atoms with Crippen LogP contribution in [0.1, 0.15) is 45.4 Å². The summed E-state index contributed by atoms with van der Waals surface area (Å²) in [6.07, 6.45) is 5.02. The third-order valence-corrected chi connectivity index (χ3v) is 5.99. The van der Waals surface area contributed by atoms with E-state index in [2.05, 4.69) is 4.72 Å². The number of piperidine rings is 1. The van der Waals surface area contributed by atoms with E-state index in [0.717, 1.165) is 25.7 Å². The maximum Gasteiger partial charge on any atom is 0.308 e.